The largest absolute Gasteiger partial charge is 0.375 e. The van der Waals surface area contributed by atoms with Crippen LogP contribution in [0.5, 0.6) is 0 Å². The number of thiazole rings is 1. The van der Waals surface area contributed by atoms with Crippen molar-refractivity contribution >= 4 is 24.0 Å². The standard InChI is InChI=1S/C27H26N6O4S2/c1-15-9-18(19(10-28)29-11-15)27(33-12-20(31-32-33)24-30-16(2)14-39-24)22-21(36-26(38)23(27)34-3)13-35-25(37-22)17-7-5-4-6-8-17/h4-9,11-12,14,21-23,25-26,38H,13H2,1-3H3/t21-,22+,23+,25?,26-,27?/m1/s1. The topological polar surface area (TPSA) is 117 Å². The second-order valence-corrected chi connectivity index (χ2v) is 10.9. The predicted molar refractivity (Wildman–Crippen MR) is 145 cm³/mol. The van der Waals surface area contributed by atoms with E-state index in [-0.39, 0.29) is 12.3 Å². The summed E-state index contributed by atoms with van der Waals surface area (Å²) in [5, 5.41) is 22.0. The van der Waals surface area contributed by atoms with Gasteiger partial charge >= 0.3 is 0 Å². The van der Waals surface area contributed by atoms with Crippen molar-refractivity contribution < 1.29 is 18.9 Å². The van der Waals surface area contributed by atoms with E-state index in [2.05, 4.69) is 26.3 Å². The minimum Gasteiger partial charge on any atom is -0.375 e. The molecule has 2 fully saturated rings. The van der Waals surface area contributed by atoms with E-state index in [9.17, 15) is 5.26 Å². The Kier molecular flexibility index (Phi) is 6.96. The Morgan fingerprint density at radius 3 is 2.77 bits per heavy atom. The highest BCUT2D eigenvalue weighted by atomic mass is 32.1. The SMILES string of the molecule is CO[C@H]1[C@@H](S)O[C@@H]2COC(c3ccccc3)O[C@@H]2C1(c1cc(C)cnc1C#N)n1cc(-c2nc(C)cs2)nn1. The van der Waals surface area contributed by atoms with Gasteiger partial charge in [0.25, 0.3) is 0 Å². The van der Waals surface area contributed by atoms with Gasteiger partial charge in [-0.15, -0.1) is 29.1 Å². The maximum Gasteiger partial charge on any atom is 0.184 e. The molecule has 6 rings (SSSR count). The van der Waals surface area contributed by atoms with E-state index < -0.39 is 35.6 Å². The van der Waals surface area contributed by atoms with Crippen molar-refractivity contribution in [3.8, 4) is 16.8 Å². The maximum atomic E-state index is 10.2. The summed E-state index contributed by atoms with van der Waals surface area (Å²) in [5.41, 5.74) is 2.04. The zero-order chi connectivity index (χ0) is 27.1. The molecule has 10 nitrogen and oxygen atoms in total. The molecular weight excluding hydrogens is 536 g/mol. The quantitative estimate of drug-likeness (QED) is 0.362. The third-order valence-corrected chi connectivity index (χ3v) is 8.43. The van der Waals surface area contributed by atoms with E-state index >= 15 is 0 Å². The Morgan fingerprint density at radius 1 is 1.23 bits per heavy atom. The molecule has 6 atom stereocenters. The molecule has 5 heterocycles. The molecule has 2 aliphatic rings. The zero-order valence-electron chi connectivity index (χ0n) is 21.5. The van der Waals surface area contributed by atoms with Gasteiger partial charge in [0.1, 0.15) is 46.2 Å². The maximum absolute atomic E-state index is 10.2. The molecule has 0 spiro atoms. The Hall–Kier alpha value is -3.18. The van der Waals surface area contributed by atoms with Crippen molar-refractivity contribution in [1.29, 1.82) is 5.26 Å². The van der Waals surface area contributed by atoms with Gasteiger partial charge < -0.3 is 18.9 Å². The number of aryl methyl sites for hydroxylation is 2. The van der Waals surface area contributed by atoms with Crippen molar-refractivity contribution in [1.82, 2.24) is 25.0 Å². The monoisotopic (exact) mass is 562 g/mol. The fourth-order valence-electron chi connectivity index (χ4n) is 5.41. The van der Waals surface area contributed by atoms with Crippen LogP contribution < -0.4 is 0 Å². The van der Waals surface area contributed by atoms with Crippen molar-refractivity contribution in [2.24, 2.45) is 0 Å². The van der Waals surface area contributed by atoms with Gasteiger partial charge in [-0.3, -0.25) is 0 Å². The van der Waals surface area contributed by atoms with Gasteiger partial charge in [0, 0.05) is 35.5 Å². The summed E-state index contributed by atoms with van der Waals surface area (Å²) in [6, 6.07) is 13.9. The number of aromatic nitrogens is 5. The fraction of sp³-hybridized carbons (Fsp3) is 0.370. The fourth-order valence-corrected chi connectivity index (χ4v) is 6.66. The average Bonchev–Trinajstić information content (AvgIpc) is 3.62. The number of rotatable bonds is 5. The smallest absolute Gasteiger partial charge is 0.184 e. The second-order valence-electron chi connectivity index (χ2n) is 9.54. The number of ether oxygens (including phenoxy) is 4. The first-order valence-corrected chi connectivity index (χ1v) is 13.8. The number of fused-ring (bicyclic) bond motifs is 1. The van der Waals surface area contributed by atoms with E-state index in [1.54, 1.807) is 18.0 Å². The van der Waals surface area contributed by atoms with E-state index in [1.807, 2.05) is 61.8 Å². The van der Waals surface area contributed by atoms with Crippen LogP contribution in [-0.2, 0) is 24.5 Å². The van der Waals surface area contributed by atoms with Gasteiger partial charge in [-0.05, 0) is 25.5 Å². The van der Waals surface area contributed by atoms with Crippen molar-refractivity contribution in [2.45, 2.75) is 49.4 Å². The number of pyridine rings is 1. The lowest BCUT2D eigenvalue weighted by molar-refractivity contribution is -0.323. The molecule has 0 aliphatic carbocycles. The lowest BCUT2D eigenvalue weighted by Crippen LogP contribution is -2.70. The Morgan fingerprint density at radius 2 is 2.05 bits per heavy atom. The van der Waals surface area contributed by atoms with Gasteiger partial charge in [0.15, 0.2) is 11.8 Å². The lowest BCUT2D eigenvalue weighted by atomic mass is 9.74. The third-order valence-electron chi connectivity index (χ3n) is 7.06. The summed E-state index contributed by atoms with van der Waals surface area (Å²) in [6.07, 6.45) is 0.772. The van der Waals surface area contributed by atoms with Crippen LogP contribution >= 0.6 is 24.0 Å². The molecule has 3 aromatic heterocycles. The minimum absolute atomic E-state index is 0.220. The molecule has 2 unspecified atom stereocenters. The number of nitrogens with zero attached hydrogens (tertiary/aromatic N) is 6. The van der Waals surface area contributed by atoms with Gasteiger partial charge in [0.2, 0.25) is 0 Å². The molecule has 1 aromatic carbocycles. The molecule has 0 N–H and O–H groups in total. The van der Waals surface area contributed by atoms with Crippen LogP contribution in [0.4, 0.5) is 0 Å². The second kappa shape index (κ2) is 10.4. The minimum atomic E-state index is -1.25. The van der Waals surface area contributed by atoms with Crippen LogP contribution in [0.1, 0.15) is 34.4 Å². The predicted octanol–water partition coefficient (Wildman–Crippen LogP) is 3.81. The number of benzene rings is 1. The molecule has 39 heavy (non-hydrogen) atoms. The van der Waals surface area contributed by atoms with E-state index in [1.165, 1.54) is 11.3 Å². The average molecular weight is 563 g/mol. The molecule has 12 heteroatoms. The van der Waals surface area contributed by atoms with Gasteiger partial charge in [-0.2, -0.15) is 5.26 Å². The van der Waals surface area contributed by atoms with Crippen LogP contribution in [0.2, 0.25) is 0 Å². The summed E-state index contributed by atoms with van der Waals surface area (Å²) in [4.78, 5) is 9.06. The van der Waals surface area contributed by atoms with Gasteiger partial charge in [-0.1, -0.05) is 35.5 Å². The first kappa shape index (κ1) is 26.1. The van der Waals surface area contributed by atoms with Crippen molar-refractivity contribution in [3.63, 3.8) is 0 Å². The molecule has 0 bridgehead atoms. The summed E-state index contributed by atoms with van der Waals surface area (Å²) in [6.45, 7) is 4.08. The first-order chi connectivity index (χ1) is 18.9. The van der Waals surface area contributed by atoms with E-state index in [0.717, 1.165) is 21.8 Å². The molecule has 2 saturated heterocycles. The highest BCUT2D eigenvalue weighted by Gasteiger charge is 2.63. The summed E-state index contributed by atoms with van der Waals surface area (Å²) < 4.78 is 27.0. The summed E-state index contributed by atoms with van der Waals surface area (Å²) in [7, 11) is 1.58. The van der Waals surface area contributed by atoms with Crippen LogP contribution in [0.25, 0.3) is 10.7 Å². The molecule has 0 saturated carbocycles. The first-order valence-electron chi connectivity index (χ1n) is 12.4. The molecular formula is C27H26N6O4S2. The Balaban J connectivity index is 1.60. The van der Waals surface area contributed by atoms with E-state index in [4.69, 9.17) is 31.6 Å². The van der Waals surface area contributed by atoms with Crippen LogP contribution in [0.15, 0.2) is 54.2 Å². The third kappa shape index (κ3) is 4.35. The lowest BCUT2D eigenvalue weighted by Gasteiger charge is -2.55. The Bertz CT molecular complexity index is 1520. The molecule has 4 aromatic rings. The number of nitriles is 1. The molecule has 0 radical (unpaired) electrons. The molecule has 2 aliphatic heterocycles. The number of thiol groups is 1. The number of methoxy groups -OCH3 is 1. The highest BCUT2D eigenvalue weighted by Crippen LogP contribution is 2.49. The van der Waals surface area contributed by atoms with Crippen LogP contribution in [0, 0.1) is 25.2 Å². The highest BCUT2D eigenvalue weighted by molar-refractivity contribution is 7.80. The van der Waals surface area contributed by atoms with Crippen molar-refractivity contribution in [3.05, 3.63) is 82.3 Å². The van der Waals surface area contributed by atoms with E-state index in [0.29, 0.717) is 11.3 Å². The normalized spacial score (nSPS) is 28.5. The zero-order valence-corrected chi connectivity index (χ0v) is 23.2. The van der Waals surface area contributed by atoms with Gasteiger partial charge in [0.05, 0.1) is 12.8 Å². The van der Waals surface area contributed by atoms with Crippen LogP contribution in [-0.4, -0.2) is 62.4 Å². The number of hydrogen-bond acceptors (Lipinski definition) is 11. The van der Waals surface area contributed by atoms with Gasteiger partial charge in [-0.25, -0.2) is 14.6 Å². The Labute approximate surface area is 234 Å². The molecule has 200 valence electrons. The summed E-state index contributed by atoms with van der Waals surface area (Å²) in [5.74, 6) is 0. The molecule has 0 amide bonds. The summed E-state index contributed by atoms with van der Waals surface area (Å²) >= 11 is 6.28. The number of hydrogen-bond donors (Lipinski definition) is 1. The van der Waals surface area contributed by atoms with Crippen molar-refractivity contribution in [2.75, 3.05) is 13.7 Å². The van der Waals surface area contributed by atoms with Crippen LogP contribution in [0.3, 0.4) is 0 Å².